The van der Waals surface area contributed by atoms with Crippen LogP contribution in [-0.2, 0) is 12.8 Å². The summed E-state index contributed by atoms with van der Waals surface area (Å²) in [6.07, 6.45) is 8.83. The summed E-state index contributed by atoms with van der Waals surface area (Å²) < 4.78 is 0. The van der Waals surface area contributed by atoms with E-state index in [0.717, 1.165) is 19.4 Å². The predicted octanol–water partition coefficient (Wildman–Crippen LogP) is 4.68. The topological polar surface area (TPSA) is 3.24 Å². The number of hydrogen-bond donors (Lipinski definition) is 0. The maximum Gasteiger partial charge on any atom is 0.0275 e. The van der Waals surface area contributed by atoms with Gasteiger partial charge < -0.3 is 4.90 Å². The molecule has 0 spiro atoms. The van der Waals surface area contributed by atoms with Gasteiger partial charge in [0, 0.05) is 12.5 Å². The van der Waals surface area contributed by atoms with Gasteiger partial charge in [-0.1, -0.05) is 67.3 Å². The van der Waals surface area contributed by atoms with Crippen molar-refractivity contribution in [2.45, 2.75) is 18.8 Å². The van der Waals surface area contributed by atoms with Crippen molar-refractivity contribution in [2.75, 3.05) is 20.6 Å². The lowest BCUT2D eigenvalue weighted by Crippen LogP contribution is -2.11. The van der Waals surface area contributed by atoms with Crippen LogP contribution in [0.4, 0.5) is 0 Å². The summed E-state index contributed by atoms with van der Waals surface area (Å²) in [6, 6.07) is 15.7. The number of likely N-dealkylation sites (N-methyl/N-ethyl adjacent to an activating group) is 1. The van der Waals surface area contributed by atoms with Crippen molar-refractivity contribution in [3.05, 3.63) is 89.0 Å². The quantitative estimate of drug-likeness (QED) is 0.741. The van der Waals surface area contributed by atoms with E-state index in [-0.39, 0.29) is 0 Å². The van der Waals surface area contributed by atoms with Crippen LogP contribution in [-0.4, -0.2) is 25.5 Å². The molecule has 1 nitrogen and oxygen atoms in total. The van der Waals surface area contributed by atoms with Crippen LogP contribution >= 0.6 is 0 Å². The number of allylic oxidation sites excluding steroid dienone is 1. The second kappa shape index (κ2) is 6.97. The Morgan fingerprint density at radius 3 is 2.52 bits per heavy atom. The summed E-state index contributed by atoms with van der Waals surface area (Å²) in [5.41, 5.74) is 7.02. The molecule has 0 saturated carbocycles. The summed E-state index contributed by atoms with van der Waals surface area (Å²) in [6.45, 7) is 4.90. The van der Waals surface area contributed by atoms with Gasteiger partial charge in [0.2, 0.25) is 0 Å². The third kappa shape index (κ3) is 3.46. The molecule has 1 heteroatoms. The van der Waals surface area contributed by atoms with Crippen LogP contribution in [0.3, 0.4) is 0 Å². The highest BCUT2D eigenvalue weighted by Gasteiger charge is 2.21. The van der Waals surface area contributed by atoms with Crippen LogP contribution in [0.25, 0.3) is 6.08 Å². The maximum absolute atomic E-state index is 3.93. The maximum atomic E-state index is 3.93. The van der Waals surface area contributed by atoms with Gasteiger partial charge >= 0.3 is 0 Å². The second-order valence-electron chi connectivity index (χ2n) is 6.53. The van der Waals surface area contributed by atoms with E-state index < -0.39 is 0 Å². The number of nitrogens with zero attached hydrogens (tertiary/aromatic N) is 1. The first-order chi connectivity index (χ1) is 11.2. The van der Waals surface area contributed by atoms with Crippen LogP contribution in [0.5, 0.6) is 0 Å². The molecular weight excluding hydrogens is 278 g/mol. The average Bonchev–Trinajstić information content (AvgIpc) is 2.71. The molecule has 3 rings (SSSR count). The van der Waals surface area contributed by atoms with Crippen molar-refractivity contribution in [3.8, 4) is 0 Å². The summed E-state index contributed by atoms with van der Waals surface area (Å²) in [5.74, 6) is 0.337. The van der Waals surface area contributed by atoms with Gasteiger partial charge in [-0.15, -0.1) is 0 Å². The fourth-order valence-electron chi connectivity index (χ4n) is 3.37. The molecule has 0 aromatic heterocycles. The molecule has 118 valence electrons. The summed E-state index contributed by atoms with van der Waals surface area (Å²) in [4.78, 5) is 2.19. The van der Waals surface area contributed by atoms with Gasteiger partial charge in [-0.2, -0.15) is 0 Å². The van der Waals surface area contributed by atoms with Crippen LogP contribution in [0.2, 0.25) is 0 Å². The Morgan fingerprint density at radius 2 is 1.78 bits per heavy atom. The molecule has 23 heavy (non-hydrogen) atoms. The van der Waals surface area contributed by atoms with Crippen LogP contribution in [0, 0.1) is 0 Å². The van der Waals surface area contributed by atoms with Crippen molar-refractivity contribution >= 4 is 6.08 Å². The fraction of sp³-hybridized carbons (Fsp3) is 0.273. The molecule has 0 N–H and O–H groups in total. The summed E-state index contributed by atoms with van der Waals surface area (Å²) in [7, 11) is 4.21. The minimum absolute atomic E-state index is 0.337. The Balaban J connectivity index is 2.10. The van der Waals surface area contributed by atoms with Gasteiger partial charge in [-0.05, 0) is 54.8 Å². The Labute approximate surface area is 140 Å². The fourth-order valence-corrected chi connectivity index (χ4v) is 3.37. The smallest absolute Gasteiger partial charge is 0.0275 e. The second-order valence-corrected chi connectivity index (χ2v) is 6.53. The highest BCUT2D eigenvalue weighted by Crippen LogP contribution is 2.35. The lowest BCUT2D eigenvalue weighted by atomic mass is 9.87. The molecule has 0 bridgehead atoms. The number of rotatable bonds is 4. The molecule has 0 aliphatic heterocycles. The van der Waals surface area contributed by atoms with E-state index in [2.05, 4.69) is 80.2 Å². The van der Waals surface area contributed by atoms with Gasteiger partial charge in [-0.25, -0.2) is 0 Å². The Hall–Kier alpha value is -2.12. The van der Waals surface area contributed by atoms with E-state index in [1.54, 1.807) is 0 Å². The molecule has 0 radical (unpaired) electrons. The van der Waals surface area contributed by atoms with Crippen LogP contribution < -0.4 is 0 Å². The van der Waals surface area contributed by atoms with Crippen LogP contribution in [0.15, 0.2) is 61.2 Å². The minimum Gasteiger partial charge on any atom is -0.306 e. The van der Waals surface area contributed by atoms with Gasteiger partial charge in [0.1, 0.15) is 0 Å². The number of fused-ring (bicyclic) bond motifs is 2. The Morgan fingerprint density at radius 1 is 1.04 bits per heavy atom. The Bertz CT molecular complexity index is 725. The lowest BCUT2D eigenvalue weighted by molar-refractivity contribution is 0.456. The van der Waals surface area contributed by atoms with E-state index in [9.17, 15) is 0 Å². The van der Waals surface area contributed by atoms with E-state index >= 15 is 0 Å². The highest BCUT2D eigenvalue weighted by atomic mass is 15.0. The van der Waals surface area contributed by atoms with E-state index in [1.165, 1.54) is 27.8 Å². The highest BCUT2D eigenvalue weighted by molar-refractivity contribution is 5.55. The molecule has 0 heterocycles. The minimum atomic E-state index is 0.337. The molecule has 0 fully saturated rings. The lowest BCUT2D eigenvalue weighted by Gasteiger charge is -2.18. The van der Waals surface area contributed by atoms with Crippen molar-refractivity contribution in [1.82, 2.24) is 4.90 Å². The number of hydrogen-bond acceptors (Lipinski definition) is 1. The average molecular weight is 303 g/mol. The largest absolute Gasteiger partial charge is 0.306 e. The first-order valence-corrected chi connectivity index (χ1v) is 8.33. The number of benzene rings is 2. The van der Waals surface area contributed by atoms with Gasteiger partial charge in [-0.3, -0.25) is 0 Å². The van der Waals surface area contributed by atoms with Gasteiger partial charge in [0.15, 0.2) is 0 Å². The third-order valence-electron chi connectivity index (χ3n) is 4.59. The molecule has 2 aromatic carbocycles. The van der Waals surface area contributed by atoms with Gasteiger partial charge in [0.05, 0.1) is 0 Å². The zero-order valence-corrected chi connectivity index (χ0v) is 14.1. The normalized spacial score (nSPS) is 16.9. The zero-order chi connectivity index (χ0) is 16.2. The van der Waals surface area contributed by atoms with E-state index in [4.69, 9.17) is 0 Å². The molecule has 2 aromatic rings. The van der Waals surface area contributed by atoms with E-state index in [0.29, 0.717) is 5.92 Å². The Kier molecular flexibility index (Phi) is 4.78. The molecular formula is C22H25N. The predicted molar refractivity (Wildman–Crippen MR) is 99.9 cm³/mol. The molecule has 0 amide bonds. The molecule has 0 saturated heterocycles. The van der Waals surface area contributed by atoms with Crippen molar-refractivity contribution < 1.29 is 0 Å². The molecule has 1 atom stereocenters. The monoisotopic (exact) mass is 303 g/mol. The van der Waals surface area contributed by atoms with E-state index in [1.807, 2.05) is 6.08 Å². The summed E-state index contributed by atoms with van der Waals surface area (Å²) in [5, 5.41) is 0. The third-order valence-corrected chi connectivity index (χ3v) is 4.59. The SMILES string of the molecule is C=Cc1ccc2c(c1)C(/C=C\CN(C)C)c1ccccc1CC2. The molecule has 1 unspecified atom stereocenters. The summed E-state index contributed by atoms with van der Waals surface area (Å²) >= 11 is 0. The first-order valence-electron chi connectivity index (χ1n) is 8.33. The van der Waals surface area contributed by atoms with Crippen LogP contribution in [0.1, 0.15) is 33.7 Å². The zero-order valence-electron chi connectivity index (χ0n) is 14.1. The van der Waals surface area contributed by atoms with Gasteiger partial charge in [0.25, 0.3) is 0 Å². The van der Waals surface area contributed by atoms with Crippen molar-refractivity contribution in [1.29, 1.82) is 0 Å². The van der Waals surface area contributed by atoms with Crippen molar-refractivity contribution in [3.63, 3.8) is 0 Å². The number of aryl methyl sites for hydroxylation is 2. The standard InChI is InChI=1S/C22H25N/c1-4-17-11-12-19-14-13-18-8-5-6-9-20(18)21(22(19)16-17)10-7-15-23(2)3/h4-12,16,21H,1,13-15H2,2-3H3/b10-7-. The first kappa shape index (κ1) is 15.8. The molecule has 1 aliphatic rings. The van der Waals surface area contributed by atoms with Crippen molar-refractivity contribution in [2.24, 2.45) is 0 Å². The molecule has 1 aliphatic carbocycles.